The van der Waals surface area contributed by atoms with Crippen LogP contribution in [0.3, 0.4) is 0 Å². The second-order valence-electron chi connectivity index (χ2n) is 6.76. The van der Waals surface area contributed by atoms with Crippen LogP contribution in [0.5, 0.6) is 0 Å². The minimum atomic E-state index is 0.724. The molecule has 0 radical (unpaired) electrons. The fourth-order valence-corrected chi connectivity index (χ4v) is 4.29. The number of hydrogen-bond donors (Lipinski definition) is 0. The van der Waals surface area contributed by atoms with E-state index in [4.69, 9.17) is 5.26 Å². The molecule has 0 unspecified atom stereocenters. The van der Waals surface area contributed by atoms with Gasteiger partial charge in [-0.25, -0.2) is 4.98 Å². The molecule has 1 aliphatic heterocycles. The third-order valence-electron chi connectivity index (χ3n) is 4.66. The Hall–Kier alpha value is -1.74. The van der Waals surface area contributed by atoms with E-state index in [9.17, 15) is 0 Å². The Bertz CT molecular complexity index is 718. The lowest BCUT2D eigenvalue weighted by Gasteiger charge is -2.21. The highest BCUT2D eigenvalue weighted by molar-refractivity contribution is 7.09. The summed E-state index contributed by atoms with van der Waals surface area (Å²) in [4.78, 5) is 10.6. The Morgan fingerprint density at radius 2 is 2.33 bits per heavy atom. The average Bonchev–Trinajstić information content (AvgIpc) is 3.17. The predicted molar refractivity (Wildman–Crippen MR) is 97.7 cm³/mol. The standard InChI is InChI=1S/C19H24N4S/c1-15-19(24-14-21-15)13-22(2)10-18-6-7-23(12-18)11-17-5-3-4-16(8-17)9-20/h3-5,8,14,18H,6-7,10-13H2,1-2H3/t18-/m1/s1. The van der Waals surface area contributed by atoms with E-state index in [0.29, 0.717) is 0 Å². The first kappa shape index (κ1) is 17.1. The summed E-state index contributed by atoms with van der Waals surface area (Å²) in [7, 11) is 2.21. The number of aryl methyl sites for hydroxylation is 1. The zero-order valence-electron chi connectivity index (χ0n) is 14.4. The molecule has 24 heavy (non-hydrogen) atoms. The third-order valence-corrected chi connectivity index (χ3v) is 5.58. The minimum absolute atomic E-state index is 0.724. The van der Waals surface area contributed by atoms with Crippen molar-refractivity contribution in [1.29, 1.82) is 5.26 Å². The van der Waals surface area contributed by atoms with Gasteiger partial charge in [0.2, 0.25) is 0 Å². The van der Waals surface area contributed by atoms with Crippen molar-refractivity contribution in [3.05, 3.63) is 51.5 Å². The molecule has 1 aromatic heterocycles. The molecule has 1 aromatic carbocycles. The number of nitriles is 1. The van der Waals surface area contributed by atoms with Crippen molar-refractivity contribution in [2.75, 3.05) is 26.7 Å². The molecule has 3 rings (SSSR count). The van der Waals surface area contributed by atoms with Crippen LogP contribution >= 0.6 is 11.3 Å². The average molecular weight is 340 g/mol. The fraction of sp³-hybridized carbons (Fsp3) is 0.474. The zero-order valence-corrected chi connectivity index (χ0v) is 15.2. The van der Waals surface area contributed by atoms with E-state index >= 15 is 0 Å². The van der Waals surface area contributed by atoms with Crippen molar-refractivity contribution in [2.24, 2.45) is 5.92 Å². The first-order valence-electron chi connectivity index (χ1n) is 8.43. The summed E-state index contributed by atoms with van der Waals surface area (Å²) in [5.41, 5.74) is 5.09. The molecule has 0 N–H and O–H groups in total. The number of likely N-dealkylation sites (tertiary alicyclic amines) is 1. The van der Waals surface area contributed by atoms with Crippen LogP contribution in [-0.4, -0.2) is 41.5 Å². The van der Waals surface area contributed by atoms with Crippen LogP contribution in [0.2, 0.25) is 0 Å². The Morgan fingerprint density at radius 1 is 1.46 bits per heavy atom. The van der Waals surface area contributed by atoms with Gasteiger partial charge in [-0.3, -0.25) is 4.90 Å². The summed E-state index contributed by atoms with van der Waals surface area (Å²) in [6.07, 6.45) is 1.25. The van der Waals surface area contributed by atoms with Gasteiger partial charge in [-0.05, 0) is 50.6 Å². The molecule has 0 spiro atoms. The molecule has 2 heterocycles. The van der Waals surface area contributed by atoms with Gasteiger partial charge in [-0.2, -0.15) is 5.26 Å². The maximum absolute atomic E-state index is 9.02. The number of aromatic nitrogens is 1. The molecular weight excluding hydrogens is 316 g/mol. The second kappa shape index (κ2) is 7.89. The molecule has 1 saturated heterocycles. The van der Waals surface area contributed by atoms with Crippen LogP contribution in [-0.2, 0) is 13.1 Å². The monoisotopic (exact) mass is 340 g/mol. The van der Waals surface area contributed by atoms with Crippen LogP contribution in [0.15, 0.2) is 29.8 Å². The van der Waals surface area contributed by atoms with Crippen molar-refractivity contribution in [1.82, 2.24) is 14.8 Å². The van der Waals surface area contributed by atoms with Gasteiger partial charge in [0.05, 0.1) is 22.8 Å². The van der Waals surface area contributed by atoms with E-state index in [1.54, 1.807) is 11.3 Å². The van der Waals surface area contributed by atoms with E-state index < -0.39 is 0 Å². The molecule has 1 atom stereocenters. The first-order valence-corrected chi connectivity index (χ1v) is 9.31. The van der Waals surface area contributed by atoms with Crippen molar-refractivity contribution >= 4 is 11.3 Å². The largest absolute Gasteiger partial charge is 0.301 e. The molecule has 1 fully saturated rings. The van der Waals surface area contributed by atoms with Gasteiger partial charge in [0.15, 0.2) is 0 Å². The summed E-state index contributed by atoms with van der Waals surface area (Å²) in [6.45, 7) is 7.46. The SMILES string of the molecule is Cc1ncsc1CN(C)C[C@H]1CCN(Cc2cccc(C#N)c2)C1. The Kier molecular flexibility index (Phi) is 5.62. The summed E-state index contributed by atoms with van der Waals surface area (Å²) >= 11 is 1.75. The topological polar surface area (TPSA) is 43.2 Å². The predicted octanol–water partition coefficient (Wildman–Crippen LogP) is 3.28. The molecule has 0 aliphatic carbocycles. The van der Waals surface area contributed by atoms with Crippen molar-refractivity contribution in [3.63, 3.8) is 0 Å². The number of benzene rings is 1. The second-order valence-corrected chi connectivity index (χ2v) is 7.70. The number of thiazole rings is 1. The molecule has 4 nitrogen and oxygen atoms in total. The van der Waals surface area contributed by atoms with Gasteiger partial charge < -0.3 is 4.90 Å². The smallest absolute Gasteiger partial charge is 0.0991 e. The molecule has 0 saturated carbocycles. The normalized spacial score (nSPS) is 18.2. The lowest BCUT2D eigenvalue weighted by atomic mass is 10.1. The first-order chi connectivity index (χ1) is 11.6. The lowest BCUT2D eigenvalue weighted by molar-refractivity contribution is 0.256. The quantitative estimate of drug-likeness (QED) is 0.809. The molecular formula is C19H24N4S. The molecule has 0 amide bonds. The van der Waals surface area contributed by atoms with Crippen LogP contribution in [0.25, 0.3) is 0 Å². The fourth-order valence-electron chi connectivity index (χ4n) is 3.43. The van der Waals surface area contributed by atoms with Gasteiger partial charge in [0, 0.05) is 31.1 Å². The Labute approximate surface area is 148 Å². The van der Waals surface area contributed by atoms with Crippen molar-refractivity contribution in [3.8, 4) is 6.07 Å². The van der Waals surface area contributed by atoms with E-state index in [1.807, 2.05) is 23.7 Å². The van der Waals surface area contributed by atoms with Crippen LogP contribution in [0, 0.1) is 24.2 Å². The van der Waals surface area contributed by atoms with Crippen LogP contribution in [0.1, 0.15) is 28.1 Å². The van der Waals surface area contributed by atoms with E-state index in [1.165, 1.54) is 16.9 Å². The van der Waals surface area contributed by atoms with Gasteiger partial charge in [-0.15, -0.1) is 11.3 Å². The third kappa shape index (κ3) is 4.41. The minimum Gasteiger partial charge on any atom is -0.301 e. The van der Waals surface area contributed by atoms with E-state index in [2.05, 4.69) is 40.9 Å². The van der Waals surface area contributed by atoms with E-state index in [-0.39, 0.29) is 0 Å². The summed E-state index contributed by atoms with van der Waals surface area (Å²) in [5, 5.41) is 9.02. The lowest BCUT2D eigenvalue weighted by Crippen LogP contribution is -2.28. The van der Waals surface area contributed by atoms with E-state index in [0.717, 1.165) is 49.9 Å². The number of rotatable bonds is 6. The molecule has 2 aromatic rings. The maximum Gasteiger partial charge on any atom is 0.0991 e. The van der Waals surface area contributed by atoms with Crippen molar-refractivity contribution < 1.29 is 0 Å². The molecule has 0 bridgehead atoms. The van der Waals surface area contributed by atoms with Gasteiger partial charge >= 0.3 is 0 Å². The summed E-state index contributed by atoms with van der Waals surface area (Å²) in [6, 6.07) is 10.2. The molecule has 5 heteroatoms. The summed E-state index contributed by atoms with van der Waals surface area (Å²) in [5.74, 6) is 0.724. The van der Waals surface area contributed by atoms with Gasteiger partial charge in [-0.1, -0.05) is 12.1 Å². The Morgan fingerprint density at radius 3 is 3.08 bits per heavy atom. The maximum atomic E-state index is 9.02. The highest BCUT2D eigenvalue weighted by Gasteiger charge is 2.23. The highest BCUT2D eigenvalue weighted by Crippen LogP contribution is 2.21. The number of nitrogens with zero attached hydrogens (tertiary/aromatic N) is 4. The Balaban J connectivity index is 1.48. The van der Waals surface area contributed by atoms with Gasteiger partial charge in [0.25, 0.3) is 0 Å². The van der Waals surface area contributed by atoms with Crippen LogP contribution in [0.4, 0.5) is 0 Å². The number of hydrogen-bond acceptors (Lipinski definition) is 5. The molecule has 126 valence electrons. The molecule has 1 aliphatic rings. The van der Waals surface area contributed by atoms with Crippen LogP contribution < -0.4 is 0 Å². The summed E-state index contributed by atoms with van der Waals surface area (Å²) < 4.78 is 0. The highest BCUT2D eigenvalue weighted by atomic mass is 32.1. The van der Waals surface area contributed by atoms with Crippen molar-refractivity contribution in [2.45, 2.75) is 26.4 Å². The van der Waals surface area contributed by atoms with Gasteiger partial charge in [0.1, 0.15) is 0 Å². The zero-order chi connectivity index (χ0) is 16.9.